The molecule has 0 unspecified atom stereocenters. The van der Waals surface area contributed by atoms with Crippen molar-refractivity contribution in [1.82, 2.24) is 5.32 Å². The molecule has 5 heteroatoms. The minimum atomic E-state index is -0.343. The summed E-state index contributed by atoms with van der Waals surface area (Å²) in [5.41, 5.74) is 1.50. The van der Waals surface area contributed by atoms with Crippen LogP contribution in [0.1, 0.15) is 18.5 Å². The molecule has 0 aliphatic carbocycles. The number of amides is 2. The molecule has 2 aromatic rings. The van der Waals surface area contributed by atoms with Crippen LogP contribution in [0.2, 0.25) is 0 Å². The van der Waals surface area contributed by atoms with Gasteiger partial charge in [-0.05, 0) is 48.9 Å². The Balaban J connectivity index is 1.93. The minimum Gasteiger partial charge on any atom is -0.497 e. The van der Waals surface area contributed by atoms with Crippen LogP contribution in [-0.4, -0.2) is 13.1 Å². The molecule has 2 amide bonds. The highest BCUT2D eigenvalue weighted by Crippen LogP contribution is 2.17. The molecule has 0 spiro atoms. The van der Waals surface area contributed by atoms with Gasteiger partial charge in [0.1, 0.15) is 11.6 Å². The lowest BCUT2D eigenvalue weighted by Gasteiger charge is -2.15. The highest BCUT2D eigenvalue weighted by molar-refractivity contribution is 5.89. The van der Waals surface area contributed by atoms with Crippen molar-refractivity contribution in [2.75, 3.05) is 12.4 Å². The zero-order chi connectivity index (χ0) is 15.2. The molecular weight excluding hydrogens is 271 g/mol. The Morgan fingerprint density at radius 2 is 1.71 bits per heavy atom. The molecule has 0 aliphatic heterocycles. The molecule has 110 valence electrons. The zero-order valence-electron chi connectivity index (χ0n) is 11.9. The quantitative estimate of drug-likeness (QED) is 0.901. The van der Waals surface area contributed by atoms with Crippen LogP contribution in [0.5, 0.6) is 5.75 Å². The Labute approximate surface area is 122 Å². The molecule has 4 nitrogen and oxygen atoms in total. The predicted octanol–water partition coefficient (Wildman–Crippen LogP) is 3.72. The summed E-state index contributed by atoms with van der Waals surface area (Å²) >= 11 is 0. The summed E-state index contributed by atoms with van der Waals surface area (Å²) in [6.07, 6.45) is 0. The second-order valence-electron chi connectivity index (χ2n) is 4.60. The number of nitrogens with one attached hydrogen (secondary N) is 2. The van der Waals surface area contributed by atoms with Gasteiger partial charge in [-0.25, -0.2) is 9.18 Å². The fraction of sp³-hybridized carbons (Fsp3) is 0.188. The lowest BCUT2D eigenvalue weighted by molar-refractivity contribution is 0.249. The standard InChI is InChI=1S/C16H17FN2O2/c1-11(12-3-9-15(21-2)10-4-12)18-16(20)19-14-7-5-13(17)6-8-14/h3-11H,1-2H3,(H2,18,19,20)/t11-/m1/s1. The molecule has 2 N–H and O–H groups in total. The van der Waals surface area contributed by atoms with E-state index in [0.717, 1.165) is 11.3 Å². The summed E-state index contributed by atoms with van der Waals surface area (Å²) in [7, 11) is 1.60. The topological polar surface area (TPSA) is 50.4 Å². The van der Waals surface area contributed by atoms with Crippen LogP contribution in [0, 0.1) is 5.82 Å². The average molecular weight is 288 g/mol. The van der Waals surface area contributed by atoms with Crippen molar-refractivity contribution in [3.8, 4) is 5.75 Å². The van der Waals surface area contributed by atoms with Crippen LogP contribution >= 0.6 is 0 Å². The first kappa shape index (κ1) is 14.8. The Morgan fingerprint density at radius 1 is 1.10 bits per heavy atom. The number of carbonyl (C=O) groups is 1. The molecule has 0 fully saturated rings. The Morgan fingerprint density at radius 3 is 2.29 bits per heavy atom. The van der Waals surface area contributed by atoms with Gasteiger partial charge in [0.15, 0.2) is 0 Å². The maximum atomic E-state index is 12.8. The minimum absolute atomic E-state index is 0.156. The molecule has 0 saturated heterocycles. The third-order valence-corrected chi connectivity index (χ3v) is 3.07. The summed E-state index contributed by atoms with van der Waals surface area (Å²) in [6.45, 7) is 1.88. The fourth-order valence-electron chi connectivity index (χ4n) is 1.87. The first-order valence-corrected chi connectivity index (χ1v) is 6.55. The number of hydrogen-bond acceptors (Lipinski definition) is 2. The first-order valence-electron chi connectivity index (χ1n) is 6.55. The van der Waals surface area contributed by atoms with E-state index >= 15 is 0 Å². The van der Waals surface area contributed by atoms with Gasteiger partial charge in [0.05, 0.1) is 13.2 Å². The number of rotatable bonds is 4. The van der Waals surface area contributed by atoms with Gasteiger partial charge < -0.3 is 15.4 Å². The van der Waals surface area contributed by atoms with Gasteiger partial charge in [-0.3, -0.25) is 0 Å². The summed E-state index contributed by atoms with van der Waals surface area (Å²) in [5, 5.41) is 5.46. The normalized spacial score (nSPS) is 11.6. The van der Waals surface area contributed by atoms with Crippen LogP contribution in [0.3, 0.4) is 0 Å². The monoisotopic (exact) mass is 288 g/mol. The van der Waals surface area contributed by atoms with Crippen LogP contribution in [0.15, 0.2) is 48.5 Å². The van der Waals surface area contributed by atoms with E-state index in [1.807, 2.05) is 31.2 Å². The maximum absolute atomic E-state index is 12.8. The van der Waals surface area contributed by atoms with Gasteiger partial charge in [0.25, 0.3) is 0 Å². The molecule has 21 heavy (non-hydrogen) atoms. The molecular formula is C16H17FN2O2. The Bertz CT molecular complexity index is 597. The van der Waals surface area contributed by atoms with Gasteiger partial charge in [0, 0.05) is 5.69 Å². The van der Waals surface area contributed by atoms with E-state index in [0.29, 0.717) is 5.69 Å². The van der Waals surface area contributed by atoms with Gasteiger partial charge in [0.2, 0.25) is 0 Å². The van der Waals surface area contributed by atoms with E-state index in [-0.39, 0.29) is 17.9 Å². The number of anilines is 1. The molecule has 0 heterocycles. The summed E-state index contributed by atoms with van der Waals surface area (Å²) in [4.78, 5) is 11.9. The molecule has 0 radical (unpaired) electrons. The SMILES string of the molecule is COc1ccc([C@@H](C)NC(=O)Nc2ccc(F)cc2)cc1. The molecule has 2 rings (SSSR count). The molecule has 2 aromatic carbocycles. The van der Waals surface area contributed by atoms with Crippen molar-refractivity contribution in [1.29, 1.82) is 0 Å². The van der Waals surface area contributed by atoms with Crippen molar-refractivity contribution in [2.24, 2.45) is 0 Å². The van der Waals surface area contributed by atoms with E-state index in [4.69, 9.17) is 4.74 Å². The Hall–Kier alpha value is -2.56. The van der Waals surface area contributed by atoms with Gasteiger partial charge in [-0.2, -0.15) is 0 Å². The average Bonchev–Trinajstić information content (AvgIpc) is 2.49. The summed E-state index contributed by atoms with van der Waals surface area (Å²) in [5.74, 6) is 0.425. The molecule has 1 atom stereocenters. The zero-order valence-corrected chi connectivity index (χ0v) is 11.9. The molecule has 0 saturated carbocycles. The van der Waals surface area contributed by atoms with Gasteiger partial charge >= 0.3 is 6.03 Å². The number of carbonyl (C=O) groups excluding carboxylic acids is 1. The van der Waals surface area contributed by atoms with Crippen molar-refractivity contribution in [3.05, 3.63) is 59.9 Å². The third kappa shape index (κ3) is 4.21. The number of hydrogen-bond donors (Lipinski definition) is 2. The van der Waals surface area contributed by atoms with Crippen LogP contribution in [0.4, 0.5) is 14.9 Å². The van der Waals surface area contributed by atoms with Crippen LogP contribution in [-0.2, 0) is 0 Å². The lowest BCUT2D eigenvalue weighted by atomic mass is 10.1. The molecule has 0 aliphatic rings. The highest BCUT2D eigenvalue weighted by Gasteiger charge is 2.09. The fourth-order valence-corrected chi connectivity index (χ4v) is 1.87. The maximum Gasteiger partial charge on any atom is 0.319 e. The smallest absolute Gasteiger partial charge is 0.319 e. The number of benzene rings is 2. The van der Waals surface area contributed by atoms with Crippen molar-refractivity contribution < 1.29 is 13.9 Å². The number of methoxy groups -OCH3 is 1. The summed E-state index contributed by atoms with van der Waals surface area (Å²) in [6, 6.07) is 12.6. The largest absolute Gasteiger partial charge is 0.497 e. The van der Waals surface area contributed by atoms with Crippen molar-refractivity contribution in [2.45, 2.75) is 13.0 Å². The summed E-state index contributed by atoms with van der Waals surface area (Å²) < 4.78 is 17.9. The lowest BCUT2D eigenvalue weighted by Crippen LogP contribution is -2.31. The van der Waals surface area contributed by atoms with E-state index in [1.165, 1.54) is 24.3 Å². The number of halogens is 1. The predicted molar refractivity (Wildman–Crippen MR) is 80.0 cm³/mol. The highest BCUT2D eigenvalue weighted by atomic mass is 19.1. The van der Waals surface area contributed by atoms with Crippen LogP contribution in [0.25, 0.3) is 0 Å². The van der Waals surface area contributed by atoms with E-state index in [1.54, 1.807) is 7.11 Å². The molecule has 0 bridgehead atoms. The third-order valence-electron chi connectivity index (χ3n) is 3.07. The number of urea groups is 1. The van der Waals surface area contributed by atoms with Crippen molar-refractivity contribution >= 4 is 11.7 Å². The Kier molecular flexibility index (Phi) is 4.77. The van der Waals surface area contributed by atoms with Gasteiger partial charge in [-0.15, -0.1) is 0 Å². The first-order chi connectivity index (χ1) is 10.1. The van der Waals surface area contributed by atoms with Gasteiger partial charge in [-0.1, -0.05) is 12.1 Å². The van der Waals surface area contributed by atoms with Crippen LogP contribution < -0.4 is 15.4 Å². The second-order valence-corrected chi connectivity index (χ2v) is 4.60. The van der Waals surface area contributed by atoms with E-state index in [9.17, 15) is 9.18 Å². The van der Waals surface area contributed by atoms with Crippen molar-refractivity contribution in [3.63, 3.8) is 0 Å². The number of ether oxygens (including phenoxy) is 1. The van der Waals surface area contributed by atoms with E-state index < -0.39 is 0 Å². The molecule has 0 aromatic heterocycles. The second kappa shape index (κ2) is 6.74. The van der Waals surface area contributed by atoms with E-state index in [2.05, 4.69) is 10.6 Å².